The number of halogens is 1. The highest BCUT2D eigenvalue weighted by molar-refractivity contribution is 9.10. The molecular formula is C16H23BrN2O. The van der Waals surface area contributed by atoms with Gasteiger partial charge in [-0.2, -0.15) is 0 Å². The molecule has 0 bridgehead atoms. The average Bonchev–Trinajstić information content (AvgIpc) is 2.40. The number of hydrogen-bond donors (Lipinski definition) is 0. The predicted molar refractivity (Wildman–Crippen MR) is 86.2 cm³/mol. The summed E-state index contributed by atoms with van der Waals surface area (Å²) in [6.45, 7) is 8.52. The van der Waals surface area contributed by atoms with Crippen LogP contribution in [-0.4, -0.2) is 54.3 Å². The topological polar surface area (TPSA) is 23.6 Å². The first-order valence-electron chi connectivity index (χ1n) is 7.11. The third kappa shape index (κ3) is 3.90. The Morgan fingerprint density at radius 2 is 1.90 bits per heavy atom. The fraction of sp³-hybridized carbons (Fsp3) is 0.562. The number of rotatable bonds is 4. The molecule has 0 spiro atoms. The van der Waals surface area contributed by atoms with Crippen LogP contribution < -0.4 is 0 Å². The van der Waals surface area contributed by atoms with Crippen molar-refractivity contribution in [2.24, 2.45) is 0 Å². The number of Topliss-reactive ketones (excluding diaryl/α,β-unsaturated/α-hetero) is 1. The average molecular weight is 339 g/mol. The van der Waals surface area contributed by atoms with Crippen molar-refractivity contribution in [1.82, 2.24) is 9.80 Å². The Labute approximate surface area is 130 Å². The lowest BCUT2D eigenvalue weighted by molar-refractivity contribution is 0.0390. The first-order chi connectivity index (χ1) is 9.38. The summed E-state index contributed by atoms with van der Waals surface area (Å²) >= 11 is 3.39. The summed E-state index contributed by atoms with van der Waals surface area (Å²) in [7, 11) is 2.17. The van der Waals surface area contributed by atoms with Crippen molar-refractivity contribution in [3.05, 3.63) is 34.3 Å². The van der Waals surface area contributed by atoms with Gasteiger partial charge >= 0.3 is 0 Å². The van der Waals surface area contributed by atoms with Gasteiger partial charge in [-0.1, -0.05) is 28.1 Å². The van der Waals surface area contributed by atoms with Gasteiger partial charge in [-0.25, -0.2) is 0 Å². The monoisotopic (exact) mass is 338 g/mol. The molecule has 0 atom stereocenters. The normalized spacial score (nSPS) is 20.0. The highest BCUT2D eigenvalue weighted by Crippen LogP contribution is 2.19. The molecule has 0 amide bonds. The minimum Gasteiger partial charge on any atom is -0.300 e. The van der Waals surface area contributed by atoms with Crippen molar-refractivity contribution in [3.8, 4) is 0 Å². The molecule has 1 heterocycles. The van der Waals surface area contributed by atoms with E-state index in [1.807, 2.05) is 24.3 Å². The molecule has 0 N–H and O–H groups in total. The highest BCUT2D eigenvalue weighted by atomic mass is 79.9. The third-order valence-electron chi connectivity index (χ3n) is 4.22. The number of hydrogen-bond acceptors (Lipinski definition) is 3. The zero-order valence-electron chi connectivity index (χ0n) is 12.5. The summed E-state index contributed by atoms with van der Waals surface area (Å²) in [5.41, 5.74) is 1.00. The van der Waals surface area contributed by atoms with Gasteiger partial charge in [-0.05, 0) is 33.0 Å². The lowest BCUT2D eigenvalue weighted by Crippen LogP contribution is -2.57. The quantitative estimate of drug-likeness (QED) is 0.788. The van der Waals surface area contributed by atoms with Crippen LogP contribution in [0.25, 0.3) is 0 Å². The van der Waals surface area contributed by atoms with Crippen LogP contribution in [-0.2, 0) is 0 Å². The lowest BCUT2D eigenvalue weighted by atomic mass is 9.99. The maximum atomic E-state index is 12.2. The zero-order valence-corrected chi connectivity index (χ0v) is 14.1. The molecule has 0 aliphatic carbocycles. The fourth-order valence-corrected chi connectivity index (χ4v) is 2.84. The van der Waals surface area contributed by atoms with Crippen molar-refractivity contribution < 1.29 is 4.79 Å². The van der Waals surface area contributed by atoms with E-state index in [4.69, 9.17) is 0 Å². The second kappa shape index (κ2) is 6.37. The molecule has 1 fully saturated rings. The molecule has 110 valence electrons. The van der Waals surface area contributed by atoms with Crippen LogP contribution in [0.4, 0.5) is 0 Å². The number of likely N-dealkylation sites (N-methyl/N-ethyl adjacent to an activating group) is 1. The van der Waals surface area contributed by atoms with Crippen molar-refractivity contribution in [2.75, 3.05) is 33.2 Å². The van der Waals surface area contributed by atoms with Crippen molar-refractivity contribution in [2.45, 2.75) is 25.8 Å². The van der Waals surface area contributed by atoms with Gasteiger partial charge in [0.05, 0.1) is 0 Å². The van der Waals surface area contributed by atoms with Gasteiger partial charge in [-0.3, -0.25) is 14.6 Å². The largest absolute Gasteiger partial charge is 0.300 e. The molecule has 0 saturated carbocycles. The van der Waals surface area contributed by atoms with Crippen LogP contribution in [0.1, 0.15) is 30.6 Å². The van der Waals surface area contributed by atoms with Crippen molar-refractivity contribution in [1.29, 1.82) is 0 Å². The molecule has 0 aromatic heterocycles. The molecule has 3 nitrogen and oxygen atoms in total. The SMILES string of the molecule is CN1CCN(CCC(=O)c2ccc(Br)cc2)CC1(C)C. The van der Waals surface area contributed by atoms with Crippen LogP contribution in [0.2, 0.25) is 0 Å². The summed E-state index contributed by atoms with van der Waals surface area (Å²) in [6, 6.07) is 7.62. The molecule has 1 aliphatic rings. The van der Waals surface area contributed by atoms with E-state index in [0.717, 1.165) is 36.2 Å². The zero-order chi connectivity index (χ0) is 14.8. The van der Waals surface area contributed by atoms with E-state index in [0.29, 0.717) is 6.42 Å². The van der Waals surface area contributed by atoms with Gasteiger partial charge in [0.2, 0.25) is 0 Å². The predicted octanol–water partition coefficient (Wildman–Crippen LogP) is 3.05. The standard InChI is InChI=1S/C16H23BrN2O/c1-16(2)12-19(11-10-18(16)3)9-8-15(20)13-4-6-14(17)7-5-13/h4-7H,8-12H2,1-3H3. The van der Waals surface area contributed by atoms with E-state index in [9.17, 15) is 4.79 Å². The number of piperazine rings is 1. The fourth-order valence-electron chi connectivity index (χ4n) is 2.57. The maximum Gasteiger partial charge on any atom is 0.164 e. The number of benzene rings is 1. The Morgan fingerprint density at radius 3 is 2.50 bits per heavy atom. The molecule has 1 saturated heterocycles. The molecule has 4 heteroatoms. The molecule has 2 rings (SSSR count). The first-order valence-corrected chi connectivity index (χ1v) is 7.90. The van der Waals surface area contributed by atoms with E-state index in [1.165, 1.54) is 0 Å². The molecule has 1 aromatic carbocycles. The van der Waals surface area contributed by atoms with E-state index in [-0.39, 0.29) is 11.3 Å². The molecule has 0 radical (unpaired) electrons. The Hall–Kier alpha value is -0.710. The number of nitrogens with zero attached hydrogens (tertiary/aromatic N) is 2. The molecule has 20 heavy (non-hydrogen) atoms. The van der Waals surface area contributed by atoms with Gasteiger partial charge in [0.25, 0.3) is 0 Å². The van der Waals surface area contributed by atoms with Crippen LogP contribution in [0.15, 0.2) is 28.7 Å². The van der Waals surface area contributed by atoms with Gasteiger partial charge in [-0.15, -0.1) is 0 Å². The minimum absolute atomic E-state index is 0.193. The third-order valence-corrected chi connectivity index (χ3v) is 4.75. The number of carbonyl (C=O) groups excluding carboxylic acids is 1. The van der Waals surface area contributed by atoms with Crippen molar-refractivity contribution >= 4 is 21.7 Å². The summed E-state index contributed by atoms with van der Waals surface area (Å²) in [5.74, 6) is 0.231. The van der Waals surface area contributed by atoms with Crippen LogP contribution in [0, 0.1) is 0 Å². The molecular weight excluding hydrogens is 316 g/mol. The van der Waals surface area contributed by atoms with Gasteiger partial charge in [0.15, 0.2) is 5.78 Å². The van der Waals surface area contributed by atoms with Crippen LogP contribution >= 0.6 is 15.9 Å². The van der Waals surface area contributed by atoms with E-state index in [2.05, 4.69) is 46.6 Å². The van der Waals surface area contributed by atoms with E-state index >= 15 is 0 Å². The molecule has 0 unspecified atom stereocenters. The Kier molecular flexibility index (Phi) is 4.99. The lowest BCUT2D eigenvalue weighted by Gasteiger charge is -2.45. The van der Waals surface area contributed by atoms with Crippen LogP contribution in [0.5, 0.6) is 0 Å². The second-order valence-corrected chi connectivity index (χ2v) is 7.11. The summed E-state index contributed by atoms with van der Waals surface area (Å²) in [6.07, 6.45) is 0.599. The Morgan fingerprint density at radius 1 is 1.25 bits per heavy atom. The number of ketones is 1. The van der Waals surface area contributed by atoms with Crippen molar-refractivity contribution in [3.63, 3.8) is 0 Å². The van der Waals surface area contributed by atoms with E-state index < -0.39 is 0 Å². The summed E-state index contributed by atoms with van der Waals surface area (Å²) in [5, 5.41) is 0. The van der Waals surface area contributed by atoms with Gasteiger partial charge in [0.1, 0.15) is 0 Å². The number of carbonyl (C=O) groups is 1. The molecule has 1 aliphatic heterocycles. The Bertz CT molecular complexity index is 470. The first kappa shape index (κ1) is 15.7. The highest BCUT2D eigenvalue weighted by Gasteiger charge is 2.30. The molecule has 1 aromatic rings. The summed E-state index contributed by atoms with van der Waals surface area (Å²) < 4.78 is 1.01. The van der Waals surface area contributed by atoms with Crippen LogP contribution in [0.3, 0.4) is 0 Å². The maximum absolute atomic E-state index is 12.2. The second-order valence-electron chi connectivity index (χ2n) is 6.19. The minimum atomic E-state index is 0.193. The van der Waals surface area contributed by atoms with Gasteiger partial charge < -0.3 is 0 Å². The Balaban J connectivity index is 1.86. The summed E-state index contributed by atoms with van der Waals surface area (Å²) in [4.78, 5) is 17.0. The van der Waals surface area contributed by atoms with Gasteiger partial charge in [0, 0.05) is 48.2 Å². The smallest absolute Gasteiger partial charge is 0.164 e. The van der Waals surface area contributed by atoms with E-state index in [1.54, 1.807) is 0 Å².